The fraction of sp³-hybridized carbons (Fsp3) is 0.683. The van der Waals surface area contributed by atoms with Crippen LogP contribution in [-0.4, -0.2) is 116 Å². The number of hydrogen-bond donors (Lipinski definition) is 1. The van der Waals surface area contributed by atoms with Crippen molar-refractivity contribution in [1.82, 2.24) is 14.5 Å². The van der Waals surface area contributed by atoms with Gasteiger partial charge in [-0.2, -0.15) is 4.31 Å². The molecule has 15 nitrogen and oxygen atoms in total. The topological polar surface area (TPSA) is 161 Å². The van der Waals surface area contributed by atoms with Crippen LogP contribution in [0.3, 0.4) is 0 Å². The van der Waals surface area contributed by atoms with E-state index in [-0.39, 0.29) is 62.3 Å². The smallest absolute Gasteiger partial charge is 0.407 e. The Labute approximate surface area is 352 Å². The number of sulfonamides is 1. The van der Waals surface area contributed by atoms with Gasteiger partial charge in [0, 0.05) is 32.7 Å². The molecule has 2 aromatic rings. The van der Waals surface area contributed by atoms with Crippen molar-refractivity contribution in [2.45, 2.75) is 116 Å². The van der Waals surface area contributed by atoms with Gasteiger partial charge in [-0.25, -0.2) is 13.2 Å². The summed E-state index contributed by atoms with van der Waals surface area (Å²) in [6, 6.07) is 13.9. The van der Waals surface area contributed by atoms with Crippen LogP contribution in [0.15, 0.2) is 47.4 Å². The van der Waals surface area contributed by atoms with E-state index < -0.39 is 50.3 Å². The molecule has 1 amide bonds. The maximum absolute atomic E-state index is 14.5. The minimum atomic E-state index is -4.01. The third-order valence-corrected chi connectivity index (χ3v) is 19.7. The fourth-order valence-corrected chi connectivity index (χ4v) is 13.9. The van der Waals surface area contributed by atoms with E-state index in [1.807, 2.05) is 32.0 Å². The highest BCUT2D eigenvalue weighted by Crippen LogP contribution is 2.48. The van der Waals surface area contributed by atoms with E-state index in [0.717, 1.165) is 35.7 Å². The summed E-state index contributed by atoms with van der Waals surface area (Å²) in [5.74, 6) is 1.03. The number of nitrogens with one attached hydrogen (secondary N) is 1. The average molecular weight is 884 g/mol. The predicted molar refractivity (Wildman–Crippen MR) is 227 cm³/mol. The highest BCUT2D eigenvalue weighted by Gasteiger charge is 2.45. The lowest BCUT2D eigenvalue weighted by atomic mass is 10.0. The van der Waals surface area contributed by atoms with Gasteiger partial charge in [-0.15, -0.1) is 0 Å². The summed E-state index contributed by atoms with van der Waals surface area (Å²) in [4.78, 5) is 16.4. The Morgan fingerprint density at radius 1 is 0.949 bits per heavy atom. The highest BCUT2D eigenvalue weighted by atomic mass is 32.2. The van der Waals surface area contributed by atoms with Crippen LogP contribution in [0, 0.1) is 11.8 Å². The summed E-state index contributed by atoms with van der Waals surface area (Å²) < 4.78 is 90.5. The van der Waals surface area contributed by atoms with Gasteiger partial charge in [-0.3, -0.25) is 9.46 Å². The van der Waals surface area contributed by atoms with E-state index >= 15 is 0 Å². The Morgan fingerprint density at radius 2 is 1.61 bits per heavy atom. The van der Waals surface area contributed by atoms with Gasteiger partial charge in [0.25, 0.3) is 0 Å². The standard InChI is InChI=1S/C41H66N3O12PSSi/c1-9-53-57(46,54-10-2)29-52-34-15-14-31-24-43(25-32(31)22-34)26-37(42-41(45)55-39-28-51-40-36(39)20-21-50-40)38(56-59(11-3,12-4)13-5)27-44(23-30(6)7)58(47,48)35-18-16-33(49-8)17-19-35/h14-19,22,30,36-40H,9-13,20-21,23-29H2,1-8H3,(H,42,45)/t36-,37-,38+,39-,40+/m0/s1. The molecule has 2 fully saturated rings. The van der Waals surface area contributed by atoms with Gasteiger partial charge >= 0.3 is 13.7 Å². The second kappa shape index (κ2) is 21.5. The van der Waals surface area contributed by atoms with E-state index in [0.29, 0.717) is 37.7 Å². The van der Waals surface area contributed by atoms with Crippen LogP contribution < -0.4 is 14.8 Å². The molecule has 59 heavy (non-hydrogen) atoms. The second-order valence-corrected chi connectivity index (χ2v) is 24.5. The molecule has 2 saturated heterocycles. The molecule has 0 aromatic heterocycles. The minimum Gasteiger partial charge on any atom is -0.497 e. The fourth-order valence-electron chi connectivity index (χ4n) is 8.07. The third-order valence-electron chi connectivity index (χ3n) is 11.4. The van der Waals surface area contributed by atoms with Crippen LogP contribution in [0.2, 0.25) is 18.1 Å². The zero-order valence-corrected chi connectivity index (χ0v) is 38.8. The number of methoxy groups -OCH3 is 1. The number of ether oxygens (including phenoxy) is 5. The number of fused-ring (bicyclic) bond motifs is 2. The van der Waals surface area contributed by atoms with Crippen molar-refractivity contribution in [2.24, 2.45) is 11.8 Å². The minimum absolute atomic E-state index is 0.00464. The third kappa shape index (κ3) is 12.3. The molecule has 0 aliphatic carbocycles. The van der Waals surface area contributed by atoms with Gasteiger partial charge in [0.2, 0.25) is 10.0 Å². The molecular formula is C41H66N3O12PSSi. The van der Waals surface area contributed by atoms with Gasteiger partial charge in [-0.05, 0) is 91.8 Å². The lowest BCUT2D eigenvalue weighted by Gasteiger charge is -2.40. The van der Waals surface area contributed by atoms with Crippen LogP contribution in [-0.2, 0) is 55.4 Å². The van der Waals surface area contributed by atoms with Gasteiger partial charge in [-0.1, -0.05) is 40.7 Å². The van der Waals surface area contributed by atoms with Crippen molar-refractivity contribution < 1.29 is 54.9 Å². The number of carbonyl (C=O) groups excluding carboxylic acids is 1. The Balaban J connectivity index is 1.46. The summed E-state index contributed by atoms with van der Waals surface area (Å²) in [7, 11) is -8.31. The van der Waals surface area contributed by atoms with E-state index in [9.17, 15) is 17.8 Å². The summed E-state index contributed by atoms with van der Waals surface area (Å²) in [5, 5.41) is 3.19. The monoisotopic (exact) mass is 883 g/mol. The van der Waals surface area contributed by atoms with Gasteiger partial charge < -0.3 is 42.5 Å². The molecule has 5 rings (SSSR count). The molecule has 18 heteroatoms. The first-order valence-electron chi connectivity index (χ1n) is 21.1. The first-order chi connectivity index (χ1) is 28.2. The Bertz CT molecular complexity index is 1800. The lowest BCUT2D eigenvalue weighted by Crippen LogP contribution is -2.58. The largest absolute Gasteiger partial charge is 0.497 e. The molecule has 0 bridgehead atoms. The number of amides is 1. The number of nitrogens with zero attached hydrogens (tertiary/aromatic N) is 2. The van der Waals surface area contributed by atoms with Crippen LogP contribution in [0.1, 0.15) is 66.0 Å². The van der Waals surface area contributed by atoms with Crippen LogP contribution in [0.25, 0.3) is 0 Å². The molecule has 3 heterocycles. The molecule has 2 aromatic carbocycles. The molecule has 0 radical (unpaired) electrons. The summed E-state index contributed by atoms with van der Waals surface area (Å²) in [6.45, 7) is 16.8. The SMILES string of the molecule is CCOP(=O)(COc1ccc2c(c1)CN(C[C@H](NC(=O)O[C@H]1CO[C@H]3OCC[C@H]31)[C@@H](CN(CC(C)C)S(=O)(=O)c1ccc(OC)cc1)O[Si](CC)(CC)CC)C2)OCC. The number of carbonyl (C=O) groups is 1. The predicted octanol–water partition coefficient (Wildman–Crippen LogP) is 7.21. The quantitative estimate of drug-likeness (QED) is 0.0833. The number of alkyl carbamates (subject to hydrolysis) is 1. The Kier molecular flexibility index (Phi) is 17.3. The van der Waals surface area contributed by atoms with E-state index in [4.69, 9.17) is 37.2 Å². The number of hydrogen-bond acceptors (Lipinski definition) is 13. The first kappa shape index (κ1) is 47.5. The number of benzene rings is 2. The average Bonchev–Trinajstić information content (AvgIpc) is 3.95. The van der Waals surface area contributed by atoms with E-state index in [2.05, 4.69) is 31.0 Å². The van der Waals surface area contributed by atoms with Gasteiger partial charge in [0.15, 0.2) is 21.0 Å². The zero-order valence-electron chi connectivity index (χ0n) is 36.1. The lowest BCUT2D eigenvalue weighted by molar-refractivity contribution is -0.0907. The van der Waals surface area contributed by atoms with Gasteiger partial charge in [0.1, 0.15) is 17.6 Å². The zero-order chi connectivity index (χ0) is 42.8. The molecule has 5 atom stereocenters. The maximum Gasteiger partial charge on any atom is 0.407 e. The van der Waals surface area contributed by atoms with E-state index in [1.54, 1.807) is 38.1 Å². The summed E-state index contributed by atoms with van der Waals surface area (Å²) in [6.07, 6.45) is -1.68. The maximum atomic E-state index is 14.5. The Morgan fingerprint density at radius 3 is 2.24 bits per heavy atom. The van der Waals surface area contributed by atoms with Crippen molar-refractivity contribution >= 4 is 32.0 Å². The number of rotatable bonds is 24. The molecule has 3 aliphatic rings. The molecule has 0 spiro atoms. The molecule has 332 valence electrons. The highest BCUT2D eigenvalue weighted by molar-refractivity contribution is 7.89. The Hall–Kier alpha value is -2.57. The van der Waals surface area contributed by atoms with Crippen molar-refractivity contribution in [3.63, 3.8) is 0 Å². The van der Waals surface area contributed by atoms with Crippen molar-refractivity contribution in [1.29, 1.82) is 0 Å². The second-order valence-electron chi connectivity index (χ2n) is 15.8. The van der Waals surface area contributed by atoms with Gasteiger partial charge in [0.05, 0.1) is 56.5 Å². The molecule has 3 aliphatic heterocycles. The summed E-state index contributed by atoms with van der Waals surface area (Å²) in [5.41, 5.74) is 2.09. The van der Waals surface area contributed by atoms with Crippen molar-refractivity contribution in [2.75, 3.05) is 59.5 Å². The molecule has 0 saturated carbocycles. The molecule has 0 unspecified atom stereocenters. The summed E-state index contributed by atoms with van der Waals surface area (Å²) >= 11 is 0. The van der Waals surface area contributed by atoms with E-state index in [1.165, 1.54) is 11.4 Å². The van der Waals surface area contributed by atoms with Crippen LogP contribution >= 0.6 is 7.60 Å². The van der Waals surface area contributed by atoms with Crippen LogP contribution in [0.4, 0.5) is 4.79 Å². The molecular weight excluding hydrogens is 818 g/mol. The van der Waals surface area contributed by atoms with Crippen LogP contribution in [0.5, 0.6) is 11.5 Å². The van der Waals surface area contributed by atoms with Crippen molar-refractivity contribution in [3.05, 3.63) is 53.6 Å². The van der Waals surface area contributed by atoms with Crippen molar-refractivity contribution in [3.8, 4) is 11.5 Å². The normalized spacial score (nSPS) is 20.7. The first-order valence-corrected chi connectivity index (χ1v) is 26.8. The molecule has 1 N–H and O–H groups in total.